The summed E-state index contributed by atoms with van der Waals surface area (Å²) in [6, 6.07) is 2.72. The van der Waals surface area contributed by atoms with Gasteiger partial charge in [0.05, 0.1) is 28.3 Å². The molecule has 36 heavy (non-hydrogen) atoms. The van der Waals surface area contributed by atoms with Gasteiger partial charge in [-0.1, -0.05) is 6.92 Å². The van der Waals surface area contributed by atoms with Gasteiger partial charge in [0.1, 0.15) is 41.0 Å². The molecule has 186 valence electrons. The number of carbonyl (C=O) groups excluding carboxylic acids is 1. The highest BCUT2D eigenvalue weighted by molar-refractivity contribution is 5.99. The molecule has 1 fully saturated rings. The fourth-order valence-corrected chi connectivity index (χ4v) is 5.29. The zero-order valence-corrected chi connectivity index (χ0v) is 19.2. The second-order valence-corrected chi connectivity index (χ2v) is 9.37. The second kappa shape index (κ2) is 7.52. The molecule has 0 saturated carbocycles. The molecule has 3 aromatic heterocycles. The van der Waals surface area contributed by atoms with Crippen molar-refractivity contribution in [3.05, 3.63) is 59.1 Å². The van der Waals surface area contributed by atoms with Gasteiger partial charge in [0.25, 0.3) is 5.91 Å². The number of nitrogens with two attached hydrogens (primary N) is 1. The van der Waals surface area contributed by atoms with Crippen molar-refractivity contribution in [2.45, 2.75) is 38.6 Å². The number of aromatic nitrogens is 4. The first kappa shape index (κ1) is 22.5. The third-order valence-corrected chi connectivity index (χ3v) is 6.86. The van der Waals surface area contributed by atoms with Crippen molar-refractivity contribution in [1.82, 2.24) is 24.3 Å². The van der Waals surface area contributed by atoms with Crippen molar-refractivity contribution in [1.29, 1.82) is 0 Å². The van der Waals surface area contributed by atoms with Crippen molar-refractivity contribution in [2.75, 3.05) is 12.3 Å². The van der Waals surface area contributed by atoms with Crippen molar-refractivity contribution >= 4 is 28.3 Å². The molecular formula is C24H20F4N6O2. The molecule has 12 heteroatoms. The number of imidazole rings is 1. The predicted molar refractivity (Wildman–Crippen MR) is 121 cm³/mol. The molecule has 0 aliphatic carbocycles. The Morgan fingerprint density at radius 1 is 1.22 bits per heavy atom. The Kier molecular flexibility index (Phi) is 4.70. The number of nitrogen functional groups attached to an aromatic ring is 1. The molecule has 6 rings (SSSR count). The van der Waals surface area contributed by atoms with E-state index in [9.17, 15) is 18.0 Å². The fourth-order valence-electron chi connectivity index (χ4n) is 5.29. The molecule has 5 heterocycles. The largest absolute Gasteiger partial charge is 0.487 e. The summed E-state index contributed by atoms with van der Waals surface area (Å²) < 4.78 is 62.3. The average molecular weight is 500 g/mol. The number of amides is 1. The van der Waals surface area contributed by atoms with Gasteiger partial charge in [0, 0.05) is 30.4 Å². The minimum absolute atomic E-state index is 0.0208. The topological polar surface area (TPSA) is 98.6 Å². The normalized spacial score (nSPS) is 21.5. The Labute approximate surface area is 201 Å². The molecule has 0 spiro atoms. The predicted octanol–water partition coefficient (Wildman–Crippen LogP) is 4.31. The van der Waals surface area contributed by atoms with Gasteiger partial charge in [0.2, 0.25) is 0 Å². The third kappa shape index (κ3) is 3.27. The van der Waals surface area contributed by atoms with E-state index in [2.05, 4.69) is 15.0 Å². The number of alkyl halides is 3. The molecule has 0 unspecified atom stereocenters. The van der Waals surface area contributed by atoms with Crippen LogP contribution in [0.4, 0.5) is 23.4 Å². The number of ether oxygens (including phenoxy) is 1. The molecular weight excluding hydrogens is 480 g/mol. The Hall–Kier alpha value is -3.96. The summed E-state index contributed by atoms with van der Waals surface area (Å²) >= 11 is 0. The second-order valence-electron chi connectivity index (χ2n) is 9.37. The minimum atomic E-state index is -4.63. The lowest BCUT2D eigenvalue weighted by molar-refractivity contribution is -0.141. The number of fused-ring (bicyclic) bond motifs is 6. The Bertz CT molecular complexity index is 1570. The van der Waals surface area contributed by atoms with E-state index >= 15 is 4.39 Å². The number of hydrogen-bond acceptors (Lipinski definition) is 6. The van der Waals surface area contributed by atoms with Crippen LogP contribution in [0.15, 0.2) is 30.7 Å². The van der Waals surface area contributed by atoms with Crippen LogP contribution in [-0.4, -0.2) is 42.8 Å². The fraction of sp³-hybridized carbons (Fsp3) is 0.333. The van der Waals surface area contributed by atoms with Gasteiger partial charge in [0.15, 0.2) is 0 Å². The van der Waals surface area contributed by atoms with Gasteiger partial charge in [-0.15, -0.1) is 0 Å². The van der Waals surface area contributed by atoms with Crippen molar-refractivity contribution < 1.29 is 27.1 Å². The van der Waals surface area contributed by atoms with Crippen LogP contribution in [0.1, 0.15) is 46.7 Å². The van der Waals surface area contributed by atoms with Crippen LogP contribution in [0.2, 0.25) is 0 Å². The molecule has 8 nitrogen and oxygen atoms in total. The molecule has 1 aromatic carbocycles. The maximum atomic E-state index is 15.3. The molecule has 3 atom stereocenters. The van der Waals surface area contributed by atoms with Crippen LogP contribution in [-0.2, 0) is 6.18 Å². The maximum Gasteiger partial charge on any atom is 0.433 e. The van der Waals surface area contributed by atoms with Gasteiger partial charge in [-0.05, 0) is 25.3 Å². The van der Waals surface area contributed by atoms with E-state index in [1.54, 1.807) is 11.3 Å². The number of hydrogen-bond donors (Lipinski definition) is 1. The Morgan fingerprint density at radius 2 is 2.00 bits per heavy atom. The number of anilines is 1. The number of benzene rings is 1. The highest BCUT2D eigenvalue weighted by Crippen LogP contribution is 2.47. The highest BCUT2D eigenvalue weighted by atomic mass is 19.4. The standard InChI is InChI=1S/C24H20F4N6O2/c1-10-3-18-21(13-7-30-19(24(26,27)28)6-17(13)36-18)33(8-10)23(35)12-4-16-15(5-14(12)25)32-22(29)20-11(2)31-9-34(16)20/h4-7,9-10,18,21H,3,8H2,1-2H3,(H2,29,32)/t10-,18+,21+/m1/s1. The zero-order valence-electron chi connectivity index (χ0n) is 19.2. The maximum absolute atomic E-state index is 15.3. The molecule has 2 aliphatic heterocycles. The first-order valence-electron chi connectivity index (χ1n) is 11.3. The van der Waals surface area contributed by atoms with E-state index in [-0.39, 0.29) is 35.1 Å². The molecule has 1 saturated heterocycles. The lowest BCUT2D eigenvalue weighted by atomic mass is 9.88. The van der Waals surface area contributed by atoms with E-state index in [1.807, 2.05) is 6.92 Å². The van der Waals surface area contributed by atoms with Crippen molar-refractivity contribution in [2.24, 2.45) is 5.92 Å². The first-order chi connectivity index (χ1) is 17.0. The molecule has 1 amide bonds. The summed E-state index contributed by atoms with van der Waals surface area (Å²) in [5.74, 6) is -1.18. The number of carbonyl (C=O) groups is 1. The Balaban J connectivity index is 1.45. The smallest absolute Gasteiger partial charge is 0.433 e. The number of piperidine rings is 1. The molecule has 2 N–H and O–H groups in total. The van der Waals surface area contributed by atoms with Crippen LogP contribution >= 0.6 is 0 Å². The summed E-state index contributed by atoms with van der Waals surface area (Å²) in [7, 11) is 0. The monoisotopic (exact) mass is 500 g/mol. The third-order valence-electron chi connectivity index (χ3n) is 6.86. The lowest BCUT2D eigenvalue weighted by Crippen LogP contribution is -2.47. The van der Waals surface area contributed by atoms with Gasteiger partial charge in [-0.2, -0.15) is 13.2 Å². The quantitative estimate of drug-likeness (QED) is 0.391. The van der Waals surface area contributed by atoms with Crippen LogP contribution in [0.5, 0.6) is 5.75 Å². The number of rotatable bonds is 1. The van der Waals surface area contributed by atoms with Crippen LogP contribution in [0.3, 0.4) is 0 Å². The summed E-state index contributed by atoms with van der Waals surface area (Å²) in [4.78, 5) is 27.3. The molecule has 0 radical (unpaired) electrons. The minimum Gasteiger partial charge on any atom is -0.487 e. The van der Waals surface area contributed by atoms with Crippen molar-refractivity contribution in [3.8, 4) is 5.75 Å². The molecule has 2 aliphatic rings. The highest BCUT2D eigenvalue weighted by Gasteiger charge is 2.47. The summed E-state index contributed by atoms with van der Waals surface area (Å²) in [5, 5.41) is 0. The van der Waals surface area contributed by atoms with E-state index in [4.69, 9.17) is 10.5 Å². The summed E-state index contributed by atoms with van der Waals surface area (Å²) in [5.41, 5.74) is 7.04. The summed E-state index contributed by atoms with van der Waals surface area (Å²) in [6.45, 7) is 3.95. The van der Waals surface area contributed by atoms with Gasteiger partial charge >= 0.3 is 6.18 Å². The van der Waals surface area contributed by atoms with Gasteiger partial charge in [-0.25, -0.2) is 14.4 Å². The van der Waals surface area contributed by atoms with E-state index in [0.717, 1.165) is 18.3 Å². The number of likely N-dealkylation sites (tertiary alicyclic amines) is 1. The number of aryl methyl sites for hydroxylation is 1. The van der Waals surface area contributed by atoms with E-state index in [1.165, 1.54) is 17.3 Å². The molecule has 0 bridgehead atoms. The van der Waals surface area contributed by atoms with E-state index in [0.29, 0.717) is 28.7 Å². The van der Waals surface area contributed by atoms with E-state index < -0.39 is 35.7 Å². The zero-order chi connectivity index (χ0) is 25.5. The number of halogens is 4. The lowest BCUT2D eigenvalue weighted by Gasteiger charge is -2.39. The van der Waals surface area contributed by atoms with Crippen LogP contribution in [0, 0.1) is 18.7 Å². The Morgan fingerprint density at radius 3 is 2.75 bits per heavy atom. The SMILES string of the molecule is Cc1ncn2c1c(N)nc1cc(F)c(C(=O)N3C[C@H](C)C[C@@H]4Oc5cc(C(F)(F)F)ncc5[C@@H]43)cc12. The van der Waals surface area contributed by atoms with Crippen molar-refractivity contribution in [3.63, 3.8) is 0 Å². The first-order valence-corrected chi connectivity index (χ1v) is 11.3. The van der Waals surface area contributed by atoms with Gasteiger partial charge in [-0.3, -0.25) is 14.2 Å². The summed E-state index contributed by atoms with van der Waals surface area (Å²) in [6.07, 6.45) is -2.03. The average Bonchev–Trinajstić information content (AvgIpc) is 3.37. The van der Waals surface area contributed by atoms with Crippen LogP contribution in [0.25, 0.3) is 16.6 Å². The molecule has 4 aromatic rings. The van der Waals surface area contributed by atoms with Gasteiger partial charge < -0.3 is 15.4 Å². The number of nitrogens with zero attached hydrogens (tertiary/aromatic N) is 5. The van der Waals surface area contributed by atoms with Crippen LogP contribution < -0.4 is 10.5 Å². The number of pyridine rings is 1.